The van der Waals surface area contributed by atoms with Crippen LogP contribution in [-0.4, -0.2) is 16.1 Å². The maximum absolute atomic E-state index is 5.13. The number of rotatable bonds is 2. The summed E-state index contributed by atoms with van der Waals surface area (Å²) < 4.78 is 3.24. The van der Waals surface area contributed by atoms with Crippen LogP contribution in [0.5, 0.6) is 0 Å². The summed E-state index contributed by atoms with van der Waals surface area (Å²) in [5.41, 5.74) is 10.0. The molecule has 0 aliphatic carbocycles. The van der Waals surface area contributed by atoms with Gasteiger partial charge in [0.1, 0.15) is 0 Å². The summed E-state index contributed by atoms with van der Waals surface area (Å²) in [5, 5.41) is 2.77. The second kappa shape index (κ2) is 18.0. The van der Waals surface area contributed by atoms with E-state index in [1.807, 2.05) is 72.8 Å². The number of halogens is 3. The van der Waals surface area contributed by atoms with E-state index >= 15 is 0 Å². The van der Waals surface area contributed by atoms with Crippen LogP contribution in [-0.2, 0) is 0 Å². The Balaban J connectivity index is 0.000000195. The molecule has 0 amide bonds. The minimum absolute atomic E-state index is 0.915. The van der Waals surface area contributed by atoms with Gasteiger partial charge in [-0.25, -0.2) is 0 Å². The molecule has 0 N–H and O–H groups in total. The van der Waals surface area contributed by atoms with Crippen molar-refractivity contribution < 1.29 is 0 Å². The highest BCUT2D eigenvalue weighted by Crippen LogP contribution is 2.12. The summed E-state index contributed by atoms with van der Waals surface area (Å²) >= 11 is 10.2. The summed E-state index contributed by atoms with van der Waals surface area (Å²) in [5.74, 6) is 9.14. The van der Waals surface area contributed by atoms with Crippen molar-refractivity contribution in [3.8, 4) is 35.3 Å². The van der Waals surface area contributed by atoms with E-state index in [2.05, 4.69) is 163 Å². The van der Waals surface area contributed by atoms with Gasteiger partial charge >= 0.3 is 0 Å². The monoisotopic (exact) mass is 808 g/mol. The lowest BCUT2D eigenvalue weighted by Crippen LogP contribution is -2.39. The van der Waals surface area contributed by atoms with Gasteiger partial charge < -0.3 is 0 Å². The Kier molecular flexibility index (Phi) is 14.4. The summed E-state index contributed by atoms with van der Waals surface area (Å²) in [4.78, 5) is 0. The SMILES string of the molecule is C#Cc1ccc(Br)cc1.C[Si](C)(C#Cc1ccc(Br)cc1)c1ccccc1.C[Si](C)(C#Cc1ccc(Br)cc1)c1ccccc1. The maximum atomic E-state index is 5.13. The Morgan fingerprint density at radius 1 is 0.422 bits per heavy atom. The van der Waals surface area contributed by atoms with Crippen LogP contribution in [0.3, 0.4) is 0 Å². The van der Waals surface area contributed by atoms with Crippen molar-refractivity contribution >= 4 is 74.3 Å². The molecule has 0 radical (unpaired) electrons. The highest BCUT2D eigenvalue weighted by atomic mass is 79.9. The van der Waals surface area contributed by atoms with Crippen molar-refractivity contribution in [1.29, 1.82) is 0 Å². The van der Waals surface area contributed by atoms with Gasteiger partial charge in [0, 0.05) is 30.1 Å². The second-order valence-electron chi connectivity index (χ2n) is 11.1. The van der Waals surface area contributed by atoms with E-state index in [0.29, 0.717) is 0 Å². The van der Waals surface area contributed by atoms with Crippen molar-refractivity contribution in [2.45, 2.75) is 26.2 Å². The zero-order chi connectivity index (χ0) is 32.7. The molecule has 0 saturated carbocycles. The molecule has 5 rings (SSSR count). The minimum Gasteiger partial charge on any atom is -0.121 e. The first-order chi connectivity index (χ1) is 21.5. The number of benzene rings is 5. The molecule has 0 nitrogen and oxygen atoms in total. The molecular formula is C40H35Br3Si2. The molecule has 0 fully saturated rings. The summed E-state index contributed by atoms with van der Waals surface area (Å²) in [6, 6.07) is 45.1. The molecule has 0 aliphatic rings. The van der Waals surface area contributed by atoms with Crippen LogP contribution in [0.1, 0.15) is 16.7 Å². The molecule has 5 aromatic carbocycles. The van der Waals surface area contributed by atoms with E-state index in [4.69, 9.17) is 6.42 Å². The third-order valence-electron chi connectivity index (χ3n) is 6.73. The first kappa shape index (κ1) is 36.1. The molecular weight excluding hydrogens is 776 g/mol. The minimum atomic E-state index is -1.65. The standard InChI is InChI=1S/2C16H15BrSi.C8H5Br/c2*1-18(2,16-6-4-3-5-7-16)13-12-14-8-10-15(17)11-9-14;1-2-7-3-5-8(9)6-4-7/h2*3-11H,1-2H3;1,3-6H. The lowest BCUT2D eigenvalue weighted by molar-refractivity contribution is 1.60. The zero-order valence-corrected chi connectivity index (χ0v) is 32.7. The predicted molar refractivity (Wildman–Crippen MR) is 211 cm³/mol. The van der Waals surface area contributed by atoms with Crippen molar-refractivity contribution in [1.82, 2.24) is 0 Å². The van der Waals surface area contributed by atoms with Gasteiger partial charge in [0.2, 0.25) is 0 Å². The average Bonchev–Trinajstić information content (AvgIpc) is 3.06. The summed E-state index contributed by atoms with van der Waals surface area (Å²) in [7, 11) is -3.30. The highest BCUT2D eigenvalue weighted by Gasteiger charge is 2.21. The smallest absolute Gasteiger partial charge is 0.121 e. The van der Waals surface area contributed by atoms with Crippen molar-refractivity contribution in [2.24, 2.45) is 0 Å². The van der Waals surface area contributed by atoms with E-state index in [0.717, 1.165) is 30.1 Å². The van der Waals surface area contributed by atoms with Crippen LogP contribution in [0.25, 0.3) is 0 Å². The van der Waals surface area contributed by atoms with Gasteiger partial charge in [-0.05, 0) is 83.2 Å². The molecule has 0 heterocycles. The fourth-order valence-electron chi connectivity index (χ4n) is 3.92. The Labute approximate surface area is 297 Å². The zero-order valence-electron chi connectivity index (χ0n) is 25.9. The molecule has 224 valence electrons. The van der Waals surface area contributed by atoms with Gasteiger partial charge in [-0.3, -0.25) is 0 Å². The molecule has 0 aliphatic heterocycles. The third kappa shape index (κ3) is 12.9. The highest BCUT2D eigenvalue weighted by molar-refractivity contribution is 9.11. The fourth-order valence-corrected chi connectivity index (χ4v) is 7.97. The van der Waals surface area contributed by atoms with E-state index in [1.54, 1.807) is 0 Å². The van der Waals surface area contributed by atoms with Gasteiger partial charge in [-0.15, -0.1) is 17.5 Å². The molecule has 0 atom stereocenters. The normalized spacial score (nSPS) is 10.2. The van der Waals surface area contributed by atoms with Crippen LogP contribution in [0.15, 0.2) is 147 Å². The number of hydrogen-bond acceptors (Lipinski definition) is 0. The largest absolute Gasteiger partial charge is 0.163 e. The number of hydrogen-bond donors (Lipinski definition) is 0. The Morgan fingerprint density at radius 2 is 0.711 bits per heavy atom. The van der Waals surface area contributed by atoms with E-state index in [-0.39, 0.29) is 0 Å². The predicted octanol–water partition coefficient (Wildman–Crippen LogP) is 10.3. The van der Waals surface area contributed by atoms with Crippen LogP contribution in [0, 0.1) is 35.3 Å². The molecule has 0 aromatic heterocycles. The van der Waals surface area contributed by atoms with E-state index < -0.39 is 16.1 Å². The van der Waals surface area contributed by atoms with Crippen LogP contribution >= 0.6 is 47.8 Å². The topological polar surface area (TPSA) is 0 Å². The van der Waals surface area contributed by atoms with Gasteiger partial charge in [-0.1, -0.05) is 152 Å². The number of terminal acetylenes is 1. The first-order valence-electron chi connectivity index (χ1n) is 14.4. The first-order valence-corrected chi connectivity index (χ1v) is 22.8. The van der Waals surface area contributed by atoms with Crippen LogP contribution in [0.2, 0.25) is 26.2 Å². The summed E-state index contributed by atoms with van der Waals surface area (Å²) in [6.45, 7) is 9.14. The van der Waals surface area contributed by atoms with Crippen molar-refractivity contribution in [3.05, 3.63) is 164 Å². The molecule has 0 saturated heterocycles. The Bertz CT molecular complexity index is 1690. The molecule has 5 heteroatoms. The quantitative estimate of drug-likeness (QED) is 0.123. The lowest BCUT2D eigenvalue weighted by Gasteiger charge is -2.14. The molecule has 5 aromatic rings. The maximum Gasteiger partial charge on any atom is 0.163 e. The van der Waals surface area contributed by atoms with Crippen LogP contribution in [0.4, 0.5) is 0 Å². The van der Waals surface area contributed by atoms with Crippen molar-refractivity contribution in [3.63, 3.8) is 0 Å². The second-order valence-corrected chi connectivity index (χ2v) is 22.0. The Morgan fingerprint density at radius 3 is 1.00 bits per heavy atom. The fraction of sp³-hybridized carbons (Fsp3) is 0.100. The molecule has 45 heavy (non-hydrogen) atoms. The van der Waals surface area contributed by atoms with Crippen LogP contribution < -0.4 is 10.4 Å². The van der Waals surface area contributed by atoms with Gasteiger partial charge in [0.25, 0.3) is 0 Å². The van der Waals surface area contributed by atoms with Gasteiger partial charge in [0.15, 0.2) is 16.1 Å². The van der Waals surface area contributed by atoms with Crippen molar-refractivity contribution in [2.75, 3.05) is 0 Å². The molecule has 0 spiro atoms. The van der Waals surface area contributed by atoms with E-state index in [9.17, 15) is 0 Å². The van der Waals surface area contributed by atoms with Gasteiger partial charge in [-0.2, -0.15) is 0 Å². The lowest BCUT2D eigenvalue weighted by atomic mass is 10.2. The summed E-state index contributed by atoms with van der Waals surface area (Å²) in [6.07, 6.45) is 5.13. The molecule has 0 bridgehead atoms. The van der Waals surface area contributed by atoms with E-state index in [1.165, 1.54) is 10.4 Å². The average molecular weight is 812 g/mol. The molecule has 0 unspecified atom stereocenters. The van der Waals surface area contributed by atoms with Gasteiger partial charge in [0.05, 0.1) is 0 Å². The third-order valence-corrected chi connectivity index (χ3v) is 13.4. The Hall–Kier alpha value is -3.35.